The van der Waals surface area contributed by atoms with Gasteiger partial charge in [-0.25, -0.2) is 4.98 Å². The molecule has 0 saturated carbocycles. The van der Waals surface area contributed by atoms with Crippen molar-refractivity contribution in [3.63, 3.8) is 0 Å². The zero-order chi connectivity index (χ0) is 13.7. The number of amides is 1. The highest BCUT2D eigenvalue weighted by atomic mass is 16.1. The van der Waals surface area contributed by atoms with Crippen LogP contribution in [0.15, 0.2) is 36.5 Å². The topological polar surface area (TPSA) is 78.7 Å². The predicted octanol–water partition coefficient (Wildman–Crippen LogP) is 1.59. The van der Waals surface area contributed by atoms with E-state index in [1.165, 1.54) is 12.3 Å². The average Bonchev–Trinajstić information content (AvgIpc) is 2.45. The number of pyridine rings is 2. The van der Waals surface area contributed by atoms with Crippen molar-refractivity contribution < 1.29 is 4.79 Å². The molecule has 2 heterocycles. The standard InChI is InChI=1S/C14H12N4O/c1-10-3-2-4-13(18-10)9-17-14(19)11-5-6-12(7-15)16-8-11/h2-6,8H,9H2,1H3,(H,17,19). The lowest BCUT2D eigenvalue weighted by Crippen LogP contribution is -2.23. The van der Waals surface area contributed by atoms with Gasteiger partial charge in [-0.2, -0.15) is 5.26 Å². The highest BCUT2D eigenvalue weighted by Crippen LogP contribution is 2.01. The number of hydrogen-bond acceptors (Lipinski definition) is 4. The number of nitriles is 1. The van der Waals surface area contributed by atoms with E-state index < -0.39 is 0 Å². The number of hydrogen-bond donors (Lipinski definition) is 1. The van der Waals surface area contributed by atoms with Crippen LogP contribution < -0.4 is 5.32 Å². The zero-order valence-electron chi connectivity index (χ0n) is 10.4. The molecule has 0 aliphatic carbocycles. The van der Waals surface area contributed by atoms with E-state index in [0.29, 0.717) is 12.1 Å². The quantitative estimate of drug-likeness (QED) is 0.899. The van der Waals surface area contributed by atoms with Crippen molar-refractivity contribution in [2.75, 3.05) is 0 Å². The van der Waals surface area contributed by atoms with Gasteiger partial charge in [0.2, 0.25) is 0 Å². The summed E-state index contributed by atoms with van der Waals surface area (Å²) in [6.07, 6.45) is 1.39. The molecule has 0 bridgehead atoms. The molecule has 0 radical (unpaired) electrons. The van der Waals surface area contributed by atoms with Crippen LogP contribution in [0.3, 0.4) is 0 Å². The molecule has 0 aromatic carbocycles. The average molecular weight is 252 g/mol. The number of aryl methyl sites for hydroxylation is 1. The summed E-state index contributed by atoms with van der Waals surface area (Å²) in [4.78, 5) is 20.0. The van der Waals surface area contributed by atoms with Crippen molar-refractivity contribution >= 4 is 5.91 Å². The fourth-order valence-electron chi connectivity index (χ4n) is 1.57. The molecule has 2 aromatic rings. The number of carbonyl (C=O) groups is 1. The number of aromatic nitrogens is 2. The lowest BCUT2D eigenvalue weighted by molar-refractivity contribution is 0.0950. The smallest absolute Gasteiger partial charge is 0.253 e. The summed E-state index contributed by atoms with van der Waals surface area (Å²) in [7, 11) is 0. The van der Waals surface area contributed by atoms with Crippen LogP contribution in [0.4, 0.5) is 0 Å². The largest absolute Gasteiger partial charge is 0.346 e. The molecule has 0 aliphatic heterocycles. The Morgan fingerprint density at radius 2 is 2.21 bits per heavy atom. The molecular formula is C14H12N4O. The van der Waals surface area contributed by atoms with E-state index in [0.717, 1.165) is 11.4 Å². The molecule has 1 N–H and O–H groups in total. The van der Waals surface area contributed by atoms with E-state index in [9.17, 15) is 4.79 Å². The fraction of sp³-hybridized carbons (Fsp3) is 0.143. The summed E-state index contributed by atoms with van der Waals surface area (Å²) in [5.41, 5.74) is 2.42. The molecule has 19 heavy (non-hydrogen) atoms. The van der Waals surface area contributed by atoms with Gasteiger partial charge in [-0.3, -0.25) is 9.78 Å². The summed E-state index contributed by atoms with van der Waals surface area (Å²) in [6.45, 7) is 2.26. The maximum Gasteiger partial charge on any atom is 0.253 e. The Morgan fingerprint density at radius 3 is 2.84 bits per heavy atom. The van der Waals surface area contributed by atoms with Gasteiger partial charge >= 0.3 is 0 Å². The van der Waals surface area contributed by atoms with Gasteiger partial charge in [-0.05, 0) is 31.2 Å². The molecule has 0 saturated heterocycles. The summed E-state index contributed by atoms with van der Waals surface area (Å²) < 4.78 is 0. The van der Waals surface area contributed by atoms with Gasteiger partial charge in [-0.1, -0.05) is 6.07 Å². The summed E-state index contributed by atoms with van der Waals surface area (Å²) >= 11 is 0. The second-order valence-electron chi connectivity index (χ2n) is 4.00. The monoisotopic (exact) mass is 252 g/mol. The number of carbonyl (C=O) groups excluding carboxylic acids is 1. The van der Waals surface area contributed by atoms with Crippen LogP contribution in [0.1, 0.15) is 27.4 Å². The Kier molecular flexibility index (Phi) is 3.84. The molecule has 5 heteroatoms. The van der Waals surface area contributed by atoms with Gasteiger partial charge in [0.15, 0.2) is 0 Å². The van der Waals surface area contributed by atoms with Crippen molar-refractivity contribution in [1.29, 1.82) is 5.26 Å². The van der Waals surface area contributed by atoms with Crippen LogP contribution in [0.2, 0.25) is 0 Å². The van der Waals surface area contributed by atoms with E-state index in [1.807, 2.05) is 31.2 Å². The van der Waals surface area contributed by atoms with Crippen molar-refractivity contribution in [2.24, 2.45) is 0 Å². The molecular weight excluding hydrogens is 240 g/mol. The maximum absolute atomic E-state index is 11.8. The first kappa shape index (κ1) is 12.7. The first-order valence-corrected chi connectivity index (χ1v) is 5.76. The van der Waals surface area contributed by atoms with Gasteiger partial charge in [0.1, 0.15) is 11.8 Å². The Bertz CT molecular complexity index is 629. The van der Waals surface area contributed by atoms with E-state index >= 15 is 0 Å². The third-order valence-corrected chi connectivity index (χ3v) is 2.52. The maximum atomic E-state index is 11.8. The lowest BCUT2D eigenvalue weighted by Gasteiger charge is -2.05. The van der Waals surface area contributed by atoms with Crippen LogP contribution in [0, 0.1) is 18.3 Å². The lowest BCUT2D eigenvalue weighted by atomic mass is 10.2. The molecule has 0 unspecified atom stereocenters. The highest BCUT2D eigenvalue weighted by molar-refractivity contribution is 5.93. The number of rotatable bonds is 3. The molecule has 2 aromatic heterocycles. The van der Waals surface area contributed by atoms with E-state index in [-0.39, 0.29) is 11.6 Å². The zero-order valence-corrected chi connectivity index (χ0v) is 10.4. The van der Waals surface area contributed by atoms with E-state index in [4.69, 9.17) is 5.26 Å². The summed E-state index contributed by atoms with van der Waals surface area (Å²) in [5.74, 6) is -0.236. The second kappa shape index (κ2) is 5.74. The van der Waals surface area contributed by atoms with Gasteiger partial charge in [-0.15, -0.1) is 0 Å². The SMILES string of the molecule is Cc1cccc(CNC(=O)c2ccc(C#N)nc2)n1. The van der Waals surface area contributed by atoms with Crippen molar-refractivity contribution in [2.45, 2.75) is 13.5 Å². The van der Waals surface area contributed by atoms with Gasteiger partial charge < -0.3 is 5.32 Å². The van der Waals surface area contributed by atoms with Crippen LogP contribution >= 0.6 is 0 Å². The van der Waals surface area contributed by atoms with Crippen LogP contribution in [-0.2, 0) is 6.54 Å². The van der Waals surface area contributed by atoms with Gasteiger partial charge in [0.25, 0.3) is 5.91 Å². The van der Waals surface area contributed by atoms with Crippen molar-refractivity contribution in [1.82, 2.24) is 15.3 Å². The Hall–Kier alpha value is -2.74. The molecule has 0 spiro atoms. The molecule has 94 valence electrons. The molecule has 1 amide bonds. The third-order valence-electron chi connectivity index (χ3n) is 2.52. The second-order valence-corrected chi connectivity index (χ2v) is 4.00. The summed E-state index contributed by atoms with van der Waals surface area (Å²) in [5, 5.41) is 11.4. The van der Waals surface area contributed by atoms with Crippen molar-refractivity contribution in [3.05, 3.63) is 59.2 Å². The molecule has 2 rings (SSSR count). The molecule has 0 atom stereocenters. The first-order valence-electron chi connectivity index (χ1n) is 5.76. The molecule has 0 aliphatic rings. The normalized spacial score (nSPS) is 9.68. The minimum atomic E-state index is -0.236. The fourth-order valence-corrected chi connectivity index (χ4v) is 1.57. The minimum Gasteiger partial charge on any atom is -0.346 e. The molecule has 5 nitrogen and oxygen atoms in total. The number of nitrogens with one attached hydrogen (secondary N) is 1. The van der Waals surface area contributed by atoms with Crippen LogP contribution in [0.25, 0.3) is 0 Å². The van der Waals surface area contributed by atoms with Crippen LogP contribution in [-0.4, -0.2) is 15.9 Å². The molecule has 0 fully saturated rings. The predicted molar refractivity (Wildman–Crippen MR) is 69.1 cm³/mol. The Balaban J connectivity index is 1.99. The highest BCUT2D eigenvalue weighted by Gasteiger charge is 2.06. The van der Waals surface area contributed by atoms with Crippen molar-refractivity contribution in [3.8, 4) is 6.07 Å². The van der Waals surface area contributed by atoms with Gasteiger partial charge in [0.05, 0.1) is 17.8 Å². The first-order chi connectivity index (χ1) is 9.19. The van der Waals surface area contributed by atoms with Crippen LogP contribution in [0.5, 0.6) is 0 Å². The Morgan fingerprint density at radius 1 is 1.37 bits per heavy atom. The van der Waals surface area contributed by atoms with E-state index in [1.54, 1.807) is 6.07 Å². The number of nitrogens with zero attached hydrogens (tertiary/aromatic N) is 3. The third kappa shape index (κ3) is 3.36. The van der Waals surface area contributed by atoms with Gasteiger partial charge in [0, 0.05) is 11.9 Å². The van der Waals surface area contributed by atoms with E-state index in [2.05, 4.69) is 15.3 Å². The summed E-state index contributed by atoms with van der Waals surface area (Å²) in [6, 6.07) is 10.6. The minimum absolute atomic E-state index is 0.236. The Labute approximate surface area is 110 Å².